The standard InChI is InChI=1S/C17H21BrN4O3S/c1-13-5-6-15(20-17(23)12-21-11-14(18)10-19-21)9-16(13)26(24,25)22-7-3-2-4-8-22/h5-6,9-11H,2-4,7-8,12H2,1H3,(H,20,23). The highest BCUT2D eigenvalue weighted by Gasteiger charge is 2.27. The minimum atomic E-state index is -3.55. The van der Waals surface area contributed by atoms with Gasteiger partial charge < -0.3 is 5.32 Å². The summed E-state index contributed by atoms with van der Waals surface area (Å²) in [6, 6.07) is 4.97. The molecule has 0 aliphatic carbocycles. The second-order valence-electron chi connectivity index (χ2n) is 6.35. The Hall–Kier alpha value is -1.71. The smallest absolute Gasteiger partial charge is 0.246 e. The molecular weight excluding hydrogens is 420 g/mol. The number of piperidine rings is 1. The van der Waals surface area contributed by atoms with Gasteiger partial charge in [-0.1, -0.05) is 12.5 Å². The molecule has 1 amide bonds. The Balaban J connectivity index is 1.77. The van der Waals surface area contributed by atoms with E-state index in [-0.39, 0.29) is 17.3 Å². The van der Waals surface area contributed by atoms with Crippen LogP contribution in [0.3, 0.4) is 0 Å². The van der Waals surface area contributed by atoms with Crippen LogP contribution in [0.15, 0.2) is 40.0 Å². The number of rotatable bonds is 5. The Morgan fingerprint density at radius 1 is 1.27 bits per heavy atom. The Morgan fingerprint density at radius 2 is 2.00 bits per heavy atom. The van der Waals surface area contributed by atoms with Crippen molar-refractivity contribution in [2.75, 3.05) is 18.4 Å². The van der Waals surface area contributed by atoms with Crippen LogP contribution in [0.4, 0.5) is 5.69 Å². The van der Waals surface area contributed by atoms with Gasteiger partial charge >= 0.3 is 0 Å². The Bertz CT molecular complexity index is 904. The molecule has 140 valence electrons. The van der Waals surface area contributed by atoms with Crippen LogP contribution < -0.4 is 5.32 Å². The van der Waals surface area contributed by atoms with E-state index in [1.54, 1.807) is 31.5 Å². The second kappa shape index (κ2) is 7.89. The summed E-state index contributed by atoms with van der Waals surface area (Å²) < 4.78 is 29.7. The number of hydrogen-bond acceptors (Lipinski definition) is 4. The summed E-state index contributed by atoms with van der Waals surface area (Å²) in [6.07, 6.45) is 6.12. The molecular formula is C17H21BrN4O3S. The van der Waals surface area contributed by atoms with Gasteiger partial charge in [0.25, 0.3) is 0 Å². The Kier molecular flexibility index (Phi) is 5.79. The maximum absolute atomic E-state index is 12.9. The lowest BCUT2D eigenvalue weighted by atomic mass is 10.2. The molecule has 1 saturated heterocycles. The predicted octanol–water partition coefficient (Wildman–Crippen LogP) is 2.77. The third-order valence-corrected chi connectivity index (χ3v) is 6.76. The van der Waals surface area contributed by atoms with Gasteiger partial charge in [0.1, 0.15) is 6.54 Å². The van der Waals surface area contributed by atoms with Crippen LogP contribution in [0.25, 0.3) is 0 Å². The Labute approximate surface area is 161 Å². The molecule has 2 aromatic rings. The molecule has 0 radical (unpaired) electrons. The SMILES string of the molecule is Cc1ccc(NC(=O)Cn2cc(Br)cn2)cc1S(=O)(=O)N1CCCCC1. The highest BCUT2D eigenvalue weighted by atomic mass is 79.9. The van der Waals surface area contributed by atoms with Gasteiger partial charge in [-0.3, -0.25) is 9.48 Å². The van der Waals surface area contributed by atoms with E-state index in [9.17, 15) is 13.2 Å². The van der Waals surface area contributed by atoms with Crippen molar-refractivity contribution in [3.8, 4) is 0 Å². The molecule has 9 heteroatoms. The number of sulfonamides is 1. The number of nitrogens with zero attached hydrogens (tertiary/aromatic N) is 3. The Morgan fingerprint density at radius 3 is 2.65 bits per heavy atom. The van der Waals surface area contributed by atoms with E-state index in [2.05, 4.69) is 26.3 Å². The van der Waals surface area contributed by atoms with Gasteiger partial charge in [-0.05, 0) is 53.4 Å². The summed E-state index contributed by atoms with van der Waals surface area (Å²) >= 11 is 3.28. The monoisotopic (exact) mass is 440 g/mol. The molecule has 3 rings (SSSR count). The summed E-state index contributed by atoms with van der Waals surface area (Å²) in [7, 11) is -3.55. The molecule has 26 heavy (non-hydrogen) atoms. The topological polar surface area (TPSA) is 84.3 Å². The van der Waals surface area contributed by atoms with E-state index in [1.807, 2.05) is 0 Å². The zero-order chi connectivity index (χ0) is 18.7. The van der Waals surface area contributed by atoms with Gasteiger partial charge in [-0.25, -0.2) is 8.42 Å². The molecule has 0 bridgehead atoms. The van der Waals surface area contributed by atoms with Crippen molar-refractivity contribution in [1.29, 1.82) is 0 Å². The van der Waals surface area contributed by atoms with Gasteiger partial charge in [0.05, 0.1) is 15.6 Å². The number of nitrogens with one attached hydrogen (secondary N) is 1. The van der Waals surface area contributed by atoms with Crippen LogP contribution in [-0.4, -0.2) is 41.5 Å². The van der Waals surface area contributed by atoms with Crippen molar-refractivity contribution in [2.24, 2.45) is 0 Å². The summed E-state index contributed by atoms with van der Waals surface area (Å²) in [5.74, 6) is -0.272. The van der Waals surface area contributed by atoms with Gasteiger partial charge in [0.2, 0.25) is 15.9 Å². The molecule has 1 fully saturated rings. The molecule has 1 aromatic heterocycles. The normalized spacial score (nSPS) is 15.8. The molecule has 0 unspecified atom stereocenters. The number of benzene rings is 1. The van der Waals surface area contributed by atoms with Gasteiger partial charge in [0, 0.05) is 25.0 Å². The van der Waals surface area contributed by atoms with Gasteiger partial charge in [-0.2, -0.15) is 9.40 Å². The number of aromatic nitrogens is 2. The molecule has 0 saturated carbocycles. The molecule has 0 spiro atoms. The van der Waals surface area contributed by atoms with Crippen LogP contribution in [-0.2, 0) is 21.4 Å². The van der Waals surface area contributed by atoms with E-state index in [0.29, 0.717) is 24.3 Å². The lowest BCUT2D eigenvalue weighted by Crippen LogP contribution is -2.36. The molecule has 7 nitrogen and oxygen atoms in total. The van der Waals surface area contributed by atoms with E-state index >= 15 is 0 Å². The fourth-order valence-electron chi connectivity index (χ4n) is 2.97. The third kappa shape index (κ3) is 4.33. The summed E-state index contributed by atoms with van der Waals surface area (Å²) in [4.78, 5) is 12.4. The fourth-order valence-corrected chi connectivity index (χ4v) is 5.07. The lowest BCUT2D eigenvalue weighted by Gasteiger charge is -2.26. The minimum Gasteiger partial charge on any atom is -0.324 e. The molecule has 2 heterocycles. The zero-order valence-corrected chi connectivity index (χ0v) is 16.9. The first kappa shape index (κ1) is 19.1. The molecule has 1 N–H and O–H groups in total. The second-order valence-corrected chi connectivity index (χ2v) is 9.17. The van der Waals surface area contributed by atoms with Crippen molar-refractivity contribution in [3.05, 3.63) is 40.6 Å². The van der Waals surface area contributed by atoms with Crippen LogP contribution in [0.1, 0.15) is 24.8 Å². The quantitative estimate of drug-likeness (QED) is 0.774. The molecule has 1 aliphatic rings. The van der Waals surface area contributed by atoms with Gasteiger partial charge in [-0.15, -0.1) is 0 Å². The highest BCUT2D eigenvalue weighted by Crippen LogP contribution is 2.26. The number of aryl methyl sites for hydroxylation is 1. The summed E-state index contributed by atoms with van der Waals surface area (Å²) in [5.41, 5.74) is 1.13. The number of amides is 1. The van der Waals surface area contributed by atoms with Gasteiger partial charge in [0.15, 0.2) is 0 Å². The number of hydrogen-bond donors (Lipinski definition) is 1. The number of halogens is 1. The van der Waals surface area contributed by atoms with Crippen LogP contribution in [0.5, 0.6) is 0 Å². The molecule has 1 aromatic carbocycles. The van der Waals surface area contributed by atoms with E-state index < -0.39 is 10.0 Å². The predicted molar refractivity (Wildman–Crippen MR) is 102 cm³/mol. The largest absolute Gasteiger partial charge is 0.324 e. The number of carbonyl (C=O) groups excluding carboxylic acids is 1. The third-order valence-electron chi connectivity index (χ3n) is 4.31. The summed E-state index contributed by atoms with van der Waals surface area (Å²) in [6.45, 7) is 2.91. The first-order chi connectivity index (χ1) is 12.4. The van der Waals surface area contributed by atoms with Crippen LogP contribution >= 0.6 is 15.9 Å². The maximum Gasteiger partial charge on any atom is 0.246 e. The minimum absolute atomic E-state index is 0.0493. The first-order valence-electron chi connectivity index (χ1n) is 8.45. The molecule has 0 atom stereocenters. The van der Waals surface area contributed by atoms with Crippen molar-refractivity contribution in [1.82, 2.24) is 14.1 Å². The lowest BCUT2D eigenvalue weighted by molar-refractivity contribution is -0.116. The van der Waals surface area contributed by atoms with Crippen molar-refractivity contribution >= 4 is 37.5 Å². The van der Waals surface area contributed by atoms with Crippen LogP contribution in [0, 0.1) is 6.92 Å². The first-order valence-corrected chi connectivity index (χ1v) is 10.7. The van der Waals surface area contributed by atoms with Crippen molar-refractivity contribution in [2.45, 2.75) is 37.6 Å². The van der Waals surface area contributed by atoms with Crippen molar-refractivity contribution in [3.63, 3.8) is 0 Å². The number of anilines is 1. The van der Waals surface area contributed by atoms with E-state index in [4.69, 9.17) is 0 Å². The average Bonchev–Trinajstić information content (AvgIpc) is 3.02. The van der Waals surface area contributed by atoms with Crippen LogP contribution in [0.2, 0.25) is 0 Å². The molecule has 1 aliphatic heterocycles. The highest BCUT2D eigenvalue weighted by molar-refractivity contribution is 9.10. The fraction of sp³-hybridized carbons (Fsp3) is 0.412. The summed E-state index contributed by atoms with van der Waals surface area (Å²) in [5, 5.41) is 6.78. The van der Waals surface area contributed by atoms with E-state index in [0.717, 1.165) is 23.7 Å². The number of carbonyl (C=O) groups is 1. The maximum atomic E-state index is 12.9. The van der Waals surface area contributed by atoms with Crippen molar-refractivity contribution < 1.29 is 13.2 Å². The average molecular weight is 441 g/mol. The zero-order valence-electron chi connectivity index (χ0n) is 14.5. The van der Waals surface area contributed by atoms with E-state index in [1.165, 1.54) is 15.1 Å².